The van der Waals surface area contributed by atoms with Gasteiger partial charge in [0.1, 0.15) is 0 Å². The Hall–Kier alpha value is -2.43. The smallest absolute Gasteiger partial charge is 0.346 e. The van der Waals surface area contributed by atoms with Crippen LogP contribution in [0.3, 0.4) is 0 Å². The van der Waals surface area contributed by atoms with Crippen LogP contribution in [0.2, 0.25) is 0 Å². The minimum Gasteiger partial charge on any atom is -0.478 e. The molecule has 1 aromatic rings. The van der Waals surface area contributed by atoms with Crippen molar-refractivity contribution in [3.05, 3.63) is 47.0 Å². The van der Waals surface area contributed by atoms with Gasteiger partial charge in [-0.1, -0.05) is 6.08 Å². The van der Waals surface area contributed by atoms with E-state index in [1.807, 2.05) is 0 Å². The fourth-order valence-corrected chi connectivity index (χ4v) is 1.70. The van der Waals surface area contributed by atoms with Gasteiger partial charge in [0.05, 0.1) is 16.7 Å². The van der Waals surface area contributed by atoms with E-state index in [1.165, 1.54) is 18.2 Å². The van der Waals surface area contributed by atoms with Crippen LogP contribution in [-0.4, -0.2) is 23.0 Å². The number of carbonyl (C=O) groups is 3. The van der Waals surface area contributed by atoms with Gasteiger partial charge < -0.3 is 9.84 Å². The second-order valence-electron chi connectivity index (χ2n) is 3.53. The molecule has 0 aliphatic carbocycles. The van der Waals surface area contributed by atoms with Gasteiger partial charge in [-0.2, -0.15) is 0 Å². The van der Waals surface area contributed by atoms with Crippen molar-refractivity contribution in [1.29, 1.82) is 0 Å². The number of aromatic carboxylic acids is 1. The summed E-state index contributed by atoms with van der Waals surface area (Å²) in [5, 5.41) is 9.00. The molecule has 0 atom stereocenters. The molecule has 1 aliphatic rings. The molecule has 1 N–H and O–H groups in total. The number of benzene rings is 1. The Kier molecular flexibility index (Phi) is 2.51. The normalized spacial score (nSPS) is 13.2. The Labute approximate surface area is 96.3 Å². The third kappa shape index (κ3) is 1.71. The molecule has 0 spiro atoms. The molecule has 5 heteroatoms. The number of ether oxygens (including phenoxy) is 1. The van der Waals surface area contributed by atoms with Gasteiger partial charge in [0.25, 0.3) is 0 Å². The second-order valence-corrected chi connectivity index (χ2v) is 3.53. The number of carboxylic acids is 1. The van der Waals surface area contributed by atoms with E-state index in [-0.39, 0.29) is 16.7 Å². The van der Waals surface area contributed by atoms with Crippen molar-refractivity contribution in [2.45, 2.75) is 6.42 Å². The highest BCUT2D eigenvalue weighted by molar-refractivity contribution is 6.15. The molecule has 0 amide bonds. The van der Waals surface area contributed by atoms with Gasteiger partial charge in [-0.3, -0.25) is 0 Å². The molecule has 2 rings (SSSR count). The lowest BCUT2D eigenvalue weighted by molar-refractivity contribution is 0.0443. The summed E-state index contributed by atoms with van der Waals surface area (Å²) >= 11 is 0. The van der Waals surface area contributed by atoms with E-state index in [4.69, 9.17) is 5.11 Å². The molecule has 17 heavy (non-hydrogen) atoms. The molecule has 0 saturated carbocycles. The Balaban J connectivity index is 2.66. The molecule has 0 bridgehead atoms. The number of cyclic esters (lactones) is 2. The predicted octanol–water partition coefficient (Wildman–Crippen LogP) is 1.42. The van der Waals surface area contributed by atoms with Gasteiger partial charge in [0, 0.05) is 0 Å². The molecule has 1 aliphatic heterocycles. The highest BCUT2D eigenvalue weighted by Crippen LogP contribution is 2.24. The first-order chi connectivity index (χ1) is 8.04. The van der Waals surface area contributed by atoms with Gasteiger partial charge in [-0.25, -0.2) is 14.4 Å². The van der Waals surface area contributed by atoms with E-state index in [9.17, 15) is 14.4 Å². The maximum atomic E-state index is 11.3. The van der Waals surface area contributed by atoms with Crippen LogP contribution in [0.1, 0.15) is 36.6 Å². The zero-order chi connectivity index (χ0) is 12.6. The summed E-state index contributed by atoms with van der Waals surface area (Å²) in [5.41, 5.74) is 0.519. The van der Waals surface area contributed by atoms with Crippen LogP contribution in [0, 0.1) is 0 Å². The standard InChI is InChI=1S/C12H8O5/c1-2-3-6-4-8-9(5-7(6)10(13)14)12(16)17-11(8)15/h2,4-5H,1,3H2,(H,13,14). The number of carboxylic acid groups (broad SMARTS) is 1. The molecular formula is C12H8O5. The lowest BCUT2D eigenvalue weighted by atomic mass is 9.97. The second kappa shape index (κ2) is 3.86. The monoisotopic (exact) mass is 232 g/mol. The Morgan fingerprint density at radius 3 is 2.41 bits per heavy atom. The number of hydrogen-bond donors (Lipinski definition) is 1. The number of hydrogen-bond acceptors (Lipinski definition) is 4. The summed E-state index contributed by atoms with van der Waals surface area (Å²) in [6.45, 7) is 3.51. The number of allylic oxidation sites excluding steroid dienone is 1. The topological polar surface area (TPSA) is 80.7 Å². The number of fused-ring (bicyclic) bond motifs is 1. The third-order valence-electron chi connectivity index (χ3n) is 2.46. The van der Waals surface area contributed by atoms with Crippen LogP contribution >= 0.6 is 0 Å². The van der Waals surface area contributed by atoms with Crippen molar-refractivity contribution in [2.75, 3.05) is 0 Å². The largest absolute Gasteiger partial charge is 0.478 e. The first-order valence-corrected chi connectivity index (χ1v) is 4.82. The Bertz CT molecular complexity index is 556. The lowest BCUT2D eigenvalue weighted by Gasteiger charge is -2.04. The maximum absolute atomic E-state index is 11.3. The molecule has 1 heterocycles. The van der Waals surface area contributed by atoms with Crippen molar-refractivity contribution in [2.24, 2.45) is 0 Å². The average molecular weight is 232 g/mol. The van der Waals surface area contributed by atoms with Gasteiger partial charge >= 0.3 is 17.9 Å². The SMILES string of the molecule is C=CCc1cc2c(cc1C(=O)O)C(=O)OC2=O. The van der Waals surface area contributed by atoms with Crippen molar-refractivity contribution in [3.63, 3.8) is 0 Å². The molecule has 0 saturated heterocycles. The zero-order valence-electron chi connectivity index (χ0n) is 8.73. The van der Waals surface area contributed by atoms with Crippen LogP contribution in [0.4, 0.5) is 0 Å². The van der Waals surface area contributed by atoms with Crippen LogP contribution in [0.15, 0.2) is 24.8 Å². The zero-order valence-corrected chi connectivity index (χ0v) is 8.73. The molecule has 0 aromatic heterocycles. The van der Waals surface area contributed by atoms with Crippen LogP contribution in [0.5, 0.6) is 0 Å². The summed E-state index contributed by atoms with van der Waals surface area (Å²) in [6.07, 6.45) is 1.83. The maximum Gasteiger partial charge on any atom is 0.346 e. The van der Waals surface area contributed by atoms with Crippen molar-refractivity contribution >= 4 is 17.9 Å². The lowest BCUT2D eigenvalue weighted by Crippen LogP contribution is -2.05. The molecule has 1 aromatic carbocycles. The van der Waals surface area contributed by atoms with E-state index in [0.717, 1.165) is 0 Å². The summed E-state index contributed by atoms with van der Waals surface area (Å²) in [5.74, 6) is -2.71. The molecule has 0 radical (unpaired) electrons. The molecule has 0 fully saturated rings. The Morgan fingerprint density at radius 1 is 1.29 bits per heavy atom. The molecular weight excluding hydrogens is 224 g/mol. The van der Waals surface area contributed by atoms with Crippen LogP contribution in [0.25, 0.3) is 0 Å². The Morgan fingerprint density at radius 2 is 1.88 bits per heavy atom. The first kappa shape index (κ1) is 11.1. The highest BCUT2D eigenvalue weighted by Gasteiger charge is 2.31. The van der Waals surface area contributed by atoms with E-state index in [0.29, 0.717) is 12.0 Å². The van der Waals surface area contributed by atoms with E-state index >= 15 is 0 Å². The number of rotatable bonds is 3. The van der Waals surface area contributed by atoms with Crippen LogP contribution in [-0.2, 0) is 11.2 Å². The van der Waals surface area contributed by atoms with Crippen molar-refractivity contribution in [1.82, 2.24) is 0 Å². The van der Waals surface area contributed by atoms with E-state index < -0.39 is 17.9 Å². The van der Waals surface area contributed by atoms with Gasteiger partial charge in [0.2, 0.25) is 0 Å². The first-order valence-electron chi connectivity index (χ1n) is 4.82. The van der Waals surface area contributed by atoms with Crippen LogP contribution < -0.4 is 0 Å². The summed E-state index contributed by atoms with van der Waals surface area (Å²) in [6, 6.07) is 2.54. The summed E-state index contributed by atoms with van der Waals surface area (Å²) in [4.78, 5) is 33.6. The van der Waals surface area contributed by atoms with Gasteiger partial charge in [-0.15, -0.1) is 6.58 Å². The number of carbonyl (C=O) groups excluding carboxylic acids is 2. The third-order valence-corrected chi connectivity index (χ3v) is 2.46. The van der Waals surface area contributed by atoms with E-state index in [2.05, 4.69) is 11.3 Å². The average Bonchev–Trinajstić information content (AvgIpc) is 2.54. The molecule has 5 nitrogen and oxygen atoms in total. The quantitative estimate of drug-likeness (QED) is 0.484. The fraction of sp³-hybridized carbons (Fsp3) is 0.0833. The van der Waals surface area contributed by atoms with Crippen molar-refractivity contribution < 1.29 is 24.2 Å². The molecule has 0 unspecified atom stereocenters. The fourth-order valence-electron chi connectivity index (χ4n) is 1.70. The van der Waals surface area contributed by atoms with E-state index in [1.54, 1.807) is 0 Å². The summed E-state index contributed by atoms with van der Waals surface area (Å²) < 4.78 is 4.40. The minimum atomic E-state index is -1.16. The minimum absolute atomic E-state index is 0.000197. The molecule has 86 valence electrons. The van der Waals surface area contributed by atoms with Crippen molar-refractivity contribution in [3.8, 4) is 0 Å². The highest BCUT2D eigenvalue weighted by atomic mass is 16.6. The summed E-state index contributed by atoms with van der Waals surface area (Å²) in [7, 11) is 0. The number of esters is 2. The predicted molar refractivity (Wildman–Crippen MR) is 57.0 cm³/mol. The van der Waals surface area contributed by atoms with Gasteiger partial charge in [0.15, 0.2) is 0 Å². The van der Waals surface area contributed by atoms with Gasteiger partial charge in [-0.05, 0) is 24.1 Å².